The van der Waals surface area contributed by atoms with Gasteiger partial charge >= 0.3 is 11.8 Å². The van der Waals surface area contributed by atoms with E-state index in [4.69, 9.17) is 0 Å². The Balaban J connectivity index is 1.56. The zero-order valence-corrected chi connectivity index (χ0v) is 18.6. The van der Waals surface area contributed by atoms with Crippen LogP contribution in [0.15, 0.2) is 59.4 Å². The summed E-state index contributed by atoms with van der Waals surface area (Å²) < 4.78 is 0. The number of thioether (sulfide) groups is 1. The van der Waals surface area contributed by atoms with Crippen molar-refractivity contribution < 1.29 is 9.59 Å². The lowest BCUT2D eigenvalue weighted by atomic mass is 10.2. The topological polar surface area (TPSA) is 74.3 Å². The number of carbonyl (C=O) groups is 2. The Hall–Kier alpha value is -2.68. The quantitative estimate of drug-likeness (QED) is 0.513. The summed E-state index contributed by atoms with van der Waals surface area (Å²) in [6, 6.07) is 15.0. The highest BCUT2D eigenvalue weighted by Gasteiger charge is 2.14. The van der Waals surface area contributed by atoms with Gasteiger partial charge in [0.2, 0.25) is 0 Å². The Kier molecular flexibility index (Phi) is 8.01. The molecule has 2 amide bonds. The molecule has 1 heterocycles. The van der Waals surface area contributed by atoms with E-state index in [9.17, 15) is 9.59 Å². The van der Waals surface area contributed by atoms with E-state index in [1.54, 1.807) is 35.2 Å². The molecule has 3 aromatic rings. The van der Waals surface area contributed by atoms with Gasteiger partial charge in [0.1, 0.15) is 0 Å². The number of amides is 2. The molecule has 0 atom stereocenters. The van der Waals surface area contributed by atoms with Crippen molar-refractivity contribution in [2.75, 3.05) is 23.9 Å². The maximum absolute atomic E-state index is 12.3. The number of nitrogens with one attached hydrogen (secondary N) is 2. The van der Waals surface area contributed by atoms with E-state index in [-0.39, 0.29) is 0 Å². The van der Waals surface area contributed by atoms with Crippen molar-refractivity contribution in [3.8, 4) is 0 Å². The molecule has 0 aliphatic carbocycles. The number of benzene rings is 2. The molecule has 0 saturated heterocycles. The first kappa shape index (κ1) is 22.0. The Morgan fingerprint density at radius 3 is 2.23 bits per heavy atom. The SMILES string of the molecule is CSCc1cccc(NC(=O)C(=O)Nc2cccc(CN(C)Cc3cscn3)c2)c1. The van der Waals surface area contributed by atoms with Gasteiger partial charge in [0.25, 0.3) is 0 Å². The Labute approximate surface area is 184 Å². The van der Waals surface area contributed by atoms with Gasteiger partial charge in [-0.3, -0.25) is 14.5 Å². The second kappa shape index (κ2) is 10.9. The molecule has 0 spiro atoms. The molecule has 0 fully saturated rings. The van der Waals surface area contributed by atoms with Crippen LogP contribution in [0.5, 0.6) is 0 Å². The lowest BCUT2D eigenvalue weighted by Gasteiger charge is -2.16. The molecule has 2 N–H and O–H groups in total. The maximum Gasteiger partial charge on any atom is 0.314 e. The first-order valence-electron chi connectivity index (χ1n) is 9.38. The van der Waals surface area contributed by atoms with Gasteiger partial charge in [-0.05, 0) is 48.7 Å². The normalized spacial score (nSPS) is 10.8. The van der Waals surface area contributed by atoms with Gasteiger partial charge in [-0.1, -0.05) is 24.3 Å². The third-order valence-corrected chi connectivity index (χ3v) is 5.51. The standard InChI is InChI=1S/C22H24N4O2S2/c1-26(12-20-14-30-15-23-20)11-16-5-3-7-18(9-16)24-21(27)22(28)25-19-8-4-6-17(10-19)13-29-2/h3-10,14-15H,11-13H2,1-2H3,(H,24,27)(H,25,28). The predicted molar refractivity (Wildman–Crippen MR) is 125 cm³/mol. The van der Waals surface area contributed by atoms with Crippen LogP contribution in [0.2, 0.25) is 0 Å². The first-order valence-corrected chi connectivity index (χ1v) is 11.7. The van der Waals surface area contributed by atoms with E-state index >= 15 is 0 Å². The third kappa shape index (κ3) is 6.69. The zero-order valence-electron chi connectivity index (χ0n) is 16.9. The second-order valence-electron chi connectivity index (χ2n) is 6.89. The van der Waals surface area contributed by atoms with Crippen molar-refractivity contribution in [1.29, 1.82) is 0 Å². The van der Waals surface area contributed by atoms with Gasteiger partial charge in [-0.2, -0.15) is 11.8 Å². The fourth-order valence-corrected chi connectivity index (χ4v) is 4.05. The maximum atomic E-state index is 12.3. The van der Waals surface area contributed by atoms with Crippen molar-refractivity contribution in [1.82, 2.24) is 9.88 Å². The van der Waals surface area contributed by atoms with Crippen molar-refractivity contribution in [3.63, 3.8) is 0 Å². The van der Waals surface area contributed by atoms with E-state index in [1.165, 1.54) is 0 Å². The molecule has 3 rings (SSSR count). The highest BCUT2D eigenvalue weighted by Crippen LogP contribution is 2.16. The lowest BCUT2D eigenvalue weighted by molar-refractivity contribution is -0.132. The first-order chi connectivity index (χ1) is 14.5. The van der Waals surface area contributed by atoms with Gasteiger partial charge in [0, 0.05) is 35.6 Å². The van der Waals surface area contributed by atoms with Crippen LogP contribution in [-0.4, -0.2) is 35.0 Å². The van der Waals surface area contributed by atoms with E-state index in [0.717, 1.165) is 29.1 Å². The minimum Gasteiger partial charge on any atom is -0.318 e. The van der Waals surface area contributed by atoms with Crippen molar-refractivity contribution in [2.24, 2.45) is 0 Å². The molecule has 30 heavy (non-hydrogen) atoms. The summed E-state index contributed by atoms with van der Waals surface area (Å²) >= 11 is 3.28. The summed E-state index contributed by atoms with van der Waals surface area (Å²) in [5.41, 5.74) is 6.18. The highest BCUT2D eigenvalue weighted by molar-refractivity contribution is 7.97. The minimum absolute atomic E-state index is 0.589. The highest BCUT2D eigenvalue weighted by atomic mass is 32.2. The van der Waals surface area contributed by atoms with Gasteiger partial charge in [0.05, 0.1) is 11.2 Å². The van der Waals surface area contributed by atoms with Crippen LogP contribution < -0.4 is 10.6 Å². The summed E-state index contributed by atoms with van der Waals surface area (Å²) in [5.74, 6) is -0.541. The van der Waals surface area contributed by atoms with Crippen LogP contribution in [0, 0.1) is 0 Å². The predicted octanol–water partition coefficient (Wildman–Crippen LogP) is 4.22. The molecule has 0 aliphatic rings. The van der Waals surface area contributed by atoms with Crippen LogP contribution in [0.1, 0.15) is 16.8 Å². The second-order valence-corrected chi connectivity index (χ2v) is 8.48. The lowest BCUT2D eigenvalue weighted by Crippen LogP contribution is -2.29. The Bertz CT molecular complexity index is 992. The molecule has 6 nitrogen and oxygen atoms in total. The number of rotatable bonds is 8. The largest absolute Gasteiger partial charge is 0.318 e. The van der Waals surface area contributed by atoms with Crippen molar-refractivity contribution >= 4 is 46.3 Å². The molecule has 0 bridgehead atoms. The monoisotopic (exact) mass is 440 g/mol. The molecule has 0 saturated carbocycles. The number of hydrogen-bond donors (Lipinski definition) is 2. The van der Waals surface area contributed by atoms with Gasteiger partial charge in [-0.25, -0.2) is 4.98 Å². The average molecular weight is 441 g/mol. The van der Waals surface area contributed by atoms with Crippen LogP contribution in [-0.2, 0) is 28.4 Å². The fourth-order valence-electron chi connectivity index (χ4n) is 2.99. The zero-order chi connectivity index (χ0) is 21.3. The summed E-state index contributed by atoms with van der Waals surface area (Å²) in [7, 11) is 2.02. The van der Waals surface area contributed by atoms with Gasteiger partial charge < -0.3 is 10.6 Å². The number of nitrogens with zero attached hydrogens (tertiary/aromatic N) is 2. The fraction of sp³-hybridized carbons (Fsp3) is 0.227. The molecule has 156 valence electrons. The molecule has 0 aliphatic heterocycles. The van der Waals surface area contributed by atoms with Crippen LogP contribution >= 0.6 is 23.1 Å². The molecule has 2 aromatic carbocycles. The summed E-state index contributed by atoms with van der Waals surface area (Å²) in [5, 5.41) is 7.36. The van der Waals surface area contributed by atoms with Gasteiger partial charge in [0.15, 0.2) is 0 Å². The van der Waals surface area contributed by atoms with Gasteiger partial charge in [-0.15, -0.1) is 11.3 Å². The smallest absolute Gasteiger partial charge is 0.314 e. The third-order valence-electron chi connectivity index (χ3n) is 4.25. The molecule has 0 unspecified atom stereocenters. The molecule has 1 aromatic heterocycles. The van der Waals surface area contributed by atoms with Crippen molar-refractivity contribution in [3.05, 3.63) is 76.2 Å². The summed E-state index contributed by atoms with van der Waals surface area (Å²) in [6.07, 6.45) is 2.02. The summed E-state index contributed by atoms with van der Waals surface area (Å²) in [4.78, 5) is 31.1. The van der Waals surface area contributed by atoms with E-state index in [0.29, 0.717) is 17.9 Å². The van der Waals surface area contributed by atoms with Crippen LogP contribution in [0.25, 0.3) is 0 Å². The number of thiazole rings is 1. The van der Waals surface area contributed by atoms with E-state index in [1.807, 2.05) is 60.6 Å². The van der Waals surface area contributed by atoms with Crippen molar-refractivity contribution in [2.45, 2.75) is 18.8 Å². The number of aromatic nitrogens is 1. The Morgan fingerprint density at radius 2 is 1.63 bits per heavy atom. The number of anilines is 2. The molecule has 0 radical (unpaired) electrons. The van der Waals surface area contributed by atoms with E-state index < -0.39 is 11.8 Å². The number of hydrogen-bond acceptors (Lipinski definition) is 6. The van der Waals surface area contributed by atoms with E-state index in [2.05, 4.69) is 20.5 Å². The molecular formula is C22H24N4O2S2. The minimum atomic E-state index is -0.696. The Morgan fingerprint density at radius 1 is 1.00 bits per heavy atom. The average Bonchev–Trinajstić information content (AvgIpc) is 3.21. The van der Waals surface area contributed by atoms with Crippen LogP contribution in [0.3, 0.4) is 0 Å². The molecule has 8 heteroatoms. The molecular weight excluding hydrogens is 416 g/mol. The van der Waals surface area contributed by atoms with Crippen LogP contribution in [0.4, 0.5) is 11.4 Å². The summed E-state index contributed by atoms with van der Waals surface area (Å²) in [6.45, 7) is 1.45. The number of carbonyl (C=O) groups excluding carboxylic acids is 2.